The van der Waals surface area contributed by atoms with E-state index in [0.717, 1.165) is 12.1 Å². The van der Waals surface area contributed by atoms with Gasteiger partial charge in [0.2, 0.25) is 5.88 Å². The third-order valence-electron chi connectivity index (χ3n) is 4.22. The zero-order valence-electron chi connectivity index (χ0n) is 14.5. The summed E-state index contributed by atoms with van der Waals surface area (Å²) in [7, 11) is 0. The molecule has 8 heteroatoms. The van der Waals surface area contributed by atoms with E-state index in [4.69, 9.17) is 4.74 Å². The van der Waals surface area contributed by atoms with E-state index in [1.807, 2.05) is 0 Å². The van der Waals surface area contributed by atoms with E-state index in [1.165, 1.54) is 30.5 Å². The number of benzene rings is 2. The maximum Gasteiger partial charge on any atom is 0.586 e. The van der Waals surface area contributed by atoms with Crippen molar-refractivity contribution in [1.29, 1.82) is 0 Å². The number of fused-ring (bicyclic) bond motifs is 1. The van der Waals surface area contributed by atoms with Gasteiger partial charge < -0.3 is 14.2 Å². The van der Waals surface area contributed by atoms with Crippen LogP contribution in [0.5, 0.6) is 17.4 Å². The van der Waals surface area contributed by atoms with Crippen molar-refractivity contribution in [3.05, 3.63) is 71.4 Å². The number of nitrogens with zero attached hydrogens (tertiary/aromatic N) is 1. The lowest BCUT2D eigenvalue weighted by atomic mass is 10.0. The standard InChI is InChI=1S/C20H13F4NO3/c1-11-7-17-18(28-20(23,24)27-17)8-13(11)12-5-6-19(25-9-12)26-10-14-15(21)3-2-4-16(14)22/h2-9H,10H2,1H3. The number of aromatic nitrogens is 1. The summed E-state index contributed by atoms with van der Waals surface area (Å²) in [5.74, 6) is -1.35. The van der Waals surface area contributed by atoms with E-state index >= 15 is 0 Å². The van der Waals surface area contributed by atoms with Crippen molar-refractivity contribution in [1.82, 2.24) is 4.98 Å². The number of pyridine rings is 1. The fourth-order valence-corrected chi connectivity index (χ4v) is 2.85. The maximum atomic E-state index is 13.6. The third-order valence-corrected chi connectivity index (χ3v) is 4.22. The van der Waals surface area contributed by atoms with E-state index in [-0.39, 0.29) is 29.5 Å². The van der Waals surface area contributed by atoms with Gasteiger partial charge in [-0.25, -0.2) is 13.8 Å². The molecule has 0 bridgehead atoms. The van der Waals surface area contributed by atoms with Crippen LogP contribution in [0.3, 0.4) is 0 Å². The van der Waals surface area contributed by atoms with Crippen molar-refractivity contribution < 1.29 is 31.8 Å². The Morgan fingerprint density at radius 3 is 2.32 bits per heavy atom. The second-order valence-electron chi connectivity index (χ2n) is 6.16. The molecule has 0 radical (unpaired) electrons. The minimum absolute atomic E-state index is 0.0360. The highest BCUT2D eigenvalue weighted by Crippen LogP contribution is 2.44. The molecule has 0 amide bonds. The second-order valence-corrected chi connectivity index (χ2v) is 6.16. The quantitative estimate of drug-likeness (QED) is 0.571. The molecule has 2 heterocycles. The first kappa shape index (κ1) is 18.1. The molecular weight excluding hydrogens is 378 g/mol. The summed E-state index contributed by atoms with van der Waals surface area (Å²) >= 11 is 0. The van der Waals surface area contributed by atoms with Gasteiger partial charge in [0, 0.05) is 17.8 Å². The average molecular weight is 391 g/mol. The Hall–Kier alpha value is -3.29. The zero-order valence-corrected chi connectivity index (χ0v) is 14.5. The third kappa shape index (κ3) is 3.45. The molecule has 4 nitrogen and oxygen atoms in total. The Morgan fingerprint density at radius 2 is 1.68 bits per heavy atom. The molecule has 1 aromatic heterocycles. The molecule has 2 aromatic carbocycles. The molecule has 3 aromatic rings. The van der Waals surface area contributed by atoms with Gasteiger partial charge in [0.05, 0.1) is 5.56 Å². The summed E-state index contributed by atoms with van der Waals surface area (Å²) in [6.07, 6.45) is -2.22. The first-order chi connectivity index (χ1) is 13.3. The SMILES string of the molecule is Cc1cc2c(cc1-c1ccc(OCc3c(F)cccc3F)nc1)OC(F)(F)O2. The molecule has 1 aliphatic heterocycles. The van der Waals surface area contributed by atoms with E-state index in [9.17, 15) is 17.6 Å². The van der Waals surface area contributed by atoms with Crippen LogP contribution in [0.2, 0.25) is 0 Å². The van der Waals surface area contributed by atoms with Crippen LogP contribution in [0.4, 0.5) is 17.6 Å². The molecule has 0 saturated heterocycles. The normalized spacial score (nSPS) is 14.2. The number of rotatable bonds is 4. The smallest absolute Gasteiger partial charge is 0.473 e. The van der Waals surface area contributed by atoms with E-state index in [0.29, 0.717) is 16.7 Å². The first-order valence-electron chi connectivity index (χ1n) is 8.25. The molecule has 0 N–H and O–H groups in total. The molecular formula is C20H13F4NO3. The van der Waals surface area contributed by atoms with Crippen molar-refractivity contribution in [2.75, 3.05) is 0 Å². The Morgan fingerprint density at radius 1 is 1.00 bits per heavy atom. The number of ether oxygens (including phenoxy) is 3. The summed E-state index contributed by atoms with van der Waals surface area (Å²) in [6, 6.07) is 9.63. The van der Waals surface area contributed by atoms with Gasteiger partial charge in [-0.05, 0) is 48.4 Å². The van der Waals surface area contributed by atoms with Crippen LogP contribution in [0.25, 0.3) is 11.1 Å². The van der Waals surface area contributed by atoms with Gasteiger partial charge >= 0.3 is 6.29 Å². The molecule has 0 spiro atoms. The highest BCUT2D eigenvalue weighted by atomic mass is 19.3. The van der Waals surface area contributed by atoms with E-state index in [1.54, 1.807) is 13.0 Å². The summed E-state index contributed by atoms with van der Waals surface area (Å²) in [5, 5.41) is 0. The molecule has 0 saturated carbocycles. The number of hydrogen-bond donors (Lipinski definition) is 0. The van der Waals surface area contributed by atoms with Crippen molar-refractivity contribution >= 4 is 0 Å². The number of alkyl halides is 2. The summed E-state index contributed by atoms with van der Waals surface area (Å²) in [6.45, 7) is 1.42. The average Bonchev–Trinajstić information content (AvgIpc) is 2.94. The minimum Gasteiger partial charge on any atom is -0.473 e. The lowest BCUT2D eigenvalue weighted by Crippen LogP contribution is -2.25. The number of hydrogen-bond acceptors (Lipinski definition) is 4. The lowest BCUT2D eigenvalue weighted by Gasteiger charge is -2.10. The van der Waals surface area contributed by atoms with Crippen LogP contribution in [0.15, 0.2) is 48.7 Å². The first-order valence-corrected chi connectivity index (χ1v) is 8.25. The van der Waals surface area contributed by atoms with Gasteiger partial charge in [0.15, 0.2) is 11.5 Å². The van der Waals surface area contributed by atoms with E-state index in [2.05, 4.69) is 14.5 Å². The molecule has 1 aliphatic rings. The Bertz CT molecular complexity index is 1020. The van der Waals surface area contributed by atoms with Gasteiger partial charge in [-0.1, -0.05) is 6.07 Å². The number of aryl methyl sites for hydroxylation is 1. The summed E-state index contributed by atoms with van der Waals surface area (Å²) in [4.78, 5) is 4.11. The van der Waals surface area contributed by atoms with E-state index < -0.39 is 17.9 Å². The molecule has 0 fully saturated rings. The molecule has 4 rings (SSSR count). The van der Waals surface area contributed by atoms with Crippen LogP contribution >= 0.6 is 0 Å². The fourth-order valence-electron chi connectivity index (χ4n) is 2.85. The van der Waals surface area contributed by atoms with Crippen molar-refractivity contribution in [3.63, 3.8) is 0 Å². The second kappa shape index (κ2) is 6.70. The summed E-state index contributed by atoms with van der Waals surface area (Å²) in [5.41, 5.74) is 1.74. The highest BCUT2D eigenvalue weighted by molar-refractivity contribution is 5.71. The summed E-state index contributed by atoms with van der Waals surface area (Å²) < 4.78 is 67.9. The van der Waals surface area contributed by atoms with Gasteiger partial charge in [0.25, 0.3) is 0 Å². The Labute approximate surface area is 157 Å². The van der Waals surface area contributed by atoms with Crippen LogP contribution < -0.4 is 14.2 Å². The van der Waals surface area contributed by atoms with Gasteiger partial charge in [-0.15, -0.1) is 8.78 Å². The Kier molecular flexibility index (Phi) is 4.33. The van der Waals surface area contributed by atoms with Crippen LogP contribution in [-0.2, 0) is 6.61 Å². The Balaban J connectivity index is 1.53. The monoisotopic (exact) mass is 391 g/mol. The predicted molar refractivity (Wildman–Crippen MR) is 91.3 cm³/mol. The van der Waals surface area contributed by atoms with Gasteiger partial charge in [-0.3, -0.25) is 0 Å². The molecule has 0 unspecified atom stereocenters. The highest BCUT2D eigenvalue weighted by Gasteiger charge is 2.43. The van der Waals surface area contributed by atoms with Crippen LogP contribution in [0.1, 0.15) is 11.1 Å². The van der Waals surface area contributed by atoms with Crippen molar-refractivity contribution in [2.45, 2.75) is 19.8 Å². The molecule has 0 aliphatic carbocycles. The van der Waals surface area contributed by atoms with Crippen molar-refractivity contribution in [3.8, 4) is 28.5 Å². The fraction of sp³-hybridized carbons (Fsp3) is 0.150. The van der Waals surface area contributed by atoms with Crippen molar-refractivity contribution in [2.24, 2.45) is 0 Å². The molecule has 144 valence electrons. The maximum absolute atomic E-state index is 13.6. The van der Waals surface area contributed by atoms with Crippen LogP contribution in [0, 0.1) is 18.6 Å². The largest absolute Gasteiger partial charge is 0.586 e. The topological polar surface area (TPSA) is 40.6 Å². The minimum atomic E-state index is -3.69. The van der Waals surface area contributed by atoms with Gasteiger partial charge in [0.1, 0.15) is 18.2 Å². The number of halogens is 4. The molecule has 0 atom stereocenters. The molecule has 28 heavy (non-hydrogen) atoms. The zero-order chi connectivity index (χ0) is 19.9. The van der Waals surface area contributed by atoms with Gasteiger partial charge in [-0.2, -0.15) is 0 Å². The predicted octanol–water partition coefficient (Wildman–Crippen LogP) is 5.24. The van der Waals surface area contributed by atoms with Crippen LogP contribution in [-0.4, -0.2) is 11.3 Å². The lowest BCUT2D eigenvalue weighted by molar-refractivity contribution is -0.286.